The molecule has 0 unspecified atom stereocenters. The third kappa shape index (κ3) is 4.13. The molecular weight excluding hydrogens is 316 g/mol. The number of nitrogens with one attached hydrogen (secondary N) is 1. The Bertz CT molecular complexity index is 687. The standard InChI is InChI=1S/C20H24N2OS/c1-2-22(15-7-10-16-8-4-3-5-9-16)20(23)19-13-12-18(24-19)17-11-6-14-21-17/h3-5,7-10,12-13,17,21H,2,6,11,14-15H2,1H3/b10-7+/t17-/m0/s1. The summed E-state index contributed by atoms with van der Waals surface area (Å²) in [5.74, 6) is 0.129. The fourth-order valence-electron chi connectivity index (χ4n) is 2.97. The Morgan fingerprint density at radius 2 is 2.12 bits per heavy atom. The molecule has 1 fully saturated rings. The van der Waals surface area contributed by atoms with Gasteiger partial charge in [0.15, 0.2) is 0 Å². The molecule has 126 valence electrons. The minimum Gasteiger partial charge on any atom is -0.334 e. The molecule has 3 rings (SSSR count). The number of likely N-dealkylation sites (N-methyl/N-ethyl adjacent to an activating group) is 1. The molecule has 1 aliphatic rings. The minimum absolute atomic E-state index is 0.129. The van der Waals surface area contributed by atoms with Crippen LogP contribution in [-0.4, -0.2) is 30.4 Å². The highest BCUT2D eigenvalue weighted by molar-refractivity contribution is 7.14. The Labute approximate surface area is 148 Å². The van der Waals surface area contributed by atoms with Crippen LogP contribution in [0.25, 0.3) is 6.08 Å². The first-order chi connectivity index (χ1) is 11.8. The number of hydrogen-bond acceptors (Lipinski definition) is 3. The van der Waals surface area contributed by atoms with E-state index >= 15 is 0 Å². The normalized spacial score (nSPS) is 17.5. The van der Waals surface area contributed by atoms with Gasteiger partial charge in [0.2, 0.25) is 0 Å². The Hall–Kier alpha value is -1.91. The van der Waals surface area contributed by atoms with Crippen LogP contribution in [0.15, 0.2) is 48.5 Å². The van der Waals surface area contributed by atoms with Gasteiger partial charge in [-0.05, 0) is 44.0 Å². The van der Waals surface area contributed by atoms with Gasteiger partial charge in [0.25, 0.3) is 5.91 Å². The van der Waals surface area contributed by atoms with Crippen LogP contribution < -0.4 is 5.32 Å². The highest BCUT2D eigenvalue weighted by atomic mass is 32.1. The quantitative estimate of drug-likeness (QED) is 0.848. The molecule has 2 aromatic rings. The molecule has 0 radical (unpaired) electrons. The number of hydrogen-bond donors (Lipinski definition) is 1. The van der Waals surface area contributed by atoms with Crippen molar-refractivity contribution in [2.75, 3.05) is 19.6 Å². The SMILES string of the molecule is CCN(C/C=C/c1ccccc1)C(=O)c1ccc([C@@H]2CCCN2)s1. The van der Waals surface area contributed by atoms with E-state index in [2.05, 4.69) is 35.7 Å². The molecule has 4 heteroatoms. The van der Waals surface area contributed by atoms with Crippen molar-refractivity contribution < 1.29 is 4.79 Å². The molecule has 1 atom stereocenters. The topological polar surface area (TPSA) is 32.3 Å². The summed E-state index contributed by atoms with van der Waals surface area (Å²) >= 11 is 1.63. The Balaban J connectivity index is 1.62. The average molecular weight is 340 g/mol. The van der Waals surface area contributed by atoms with Crippen molar-refractivity contribution in [3.8, 4) is 0 Å². The Kier molecular flexibility index (Phi) is 5.83. The first kappa shape index (κ1) is 16.9. The molecule has 0 aliphatic carbocycles. The molecule has 24 heavy (non-hydrogen) atoms. The lowest BCUT2D eigenvalue weighted by atomic mass is 10.2. The van der Waals surface area contributed by atoms with Crippen LogP contribution in [0, 0.1) is 0 Å². The second-order valence-electron chi connectivity index (χ2n) is 6.01. The van der Waals surface area contributed by atoms with Crippen LogP contribution in [0.3, 0.4) is 0 Å². The lowest BCUT2D eigenvalue weighted by molar-refractivity contribution is 0.0787. The fourth-order valence-corrected chi connectivity index (χ4v) is 4.06. The predicted octanol–water partition coefficient (Wildman–Crippen LogP) is 4.35. The molecule has 3 nitrogen and oxygen atoms in total. The largest absolute Gasteiger partial charge is 0.334 e. The van der Waals surface area contributed by atoms with E-state index in [1.165, 1.54) is 17.7 Å². The van der Waals surface area contributed by atoms with Crippen molar-refractivity contribution in [1.82, 2.24) is 10.2 Å². The van der Waals surface area contributed by atoms with Gasteiger partial charge in [-0.25, -0.2) is 0 Å². The van der Waals surface area contributed by atoms with E-state index in [-0.39, 0.29) is 5.91 Å². The fraction of sp³-hybridized carbons (Fsp3) is 0.350. The second-order valence-corrected chi connectivity index (χ2v) is 7.12. The third-order valence-electron chi connectivity index (χ3n) is 4.35. The molecule has 1 aromatic heterocycles. The van der Waals surface area contributed by atoms with E-state index in [0.717, 1.165) is 17.0 Å². The van der Waals surface area contributed by atoms with E-state index in [1.807, 2.05) is 36.1 Å². The molecule has 0 spiro atoms. The van der Waals surface area contributed by atoms with E-state index in [1.54, 1.807) is 11.3 Å². The predicted molar refractivity (Wildman–Crippen MR) is 101 cm³/mol. The van der Waals surface area contributed by atoms with Crippen molar-refractivity contribution in [3.05, 3.63) is 63.9 Å². The minimum atomic E-state index is 0.129. The lowest BCUT2D eigenvalue weighted by Gasteiger charge is -2.18. The number of benzene rings is 1. The van der Waals surface area contributed by atoms with Crippen LogP contribution in [0.2, 0.25) is 0 Å². The number of carbonyl (C=O) groups is 1. The Morgan fingerprint density at radius 3 is 2.83 bits per heavy atom. The summed E-state index contributed by atoms with van der Waals surface area (Å²) in [6, 6.07) is 14.7. The van der Waals surface area contributed by atoms with Gasteiger partial charge in [0.05, 0.1) is 4.88 Å². The van der Waals surface area contributed by atoms with Gasteiger partial charge in [-0.2, -0.15) is 0 Å². The van der Waals surface area contributed by atoms with Crippen molar-refractivity contribution in [1.29, 1.82) is 0 Å². The van der Waals surface area contributed by atoms with Crippen LogP contribution in [0.5, 0.6) is 0 Å². The smallest absolute Gasteiger partial charge is 0.264 e. The van der Waals surface area contributed by atoms with Gasteiger partial charge >= 0.3 is 0 Å². The molecule has 1 aliphatic heterocycles. The molecule has 2 heterocycles. The van der Waals surface area contributed by atoms with E-state index in [4.69, 9.17) is 0 Å². The third-order valence-corrected chi connectivity index (χ3v) is 5.53. The van der Waals surface area contributed by atoms with Crippen LogP contribution in [0.1, 0.15) is 45.9 Å². The van der Waals surface area contributed by atoms with Crippen LogP contribution >= 0.6 is 11.3 Å². The molecule has 1 saturated heterocycles. The average Bonchev–Trinajstić information content (AvgIpc) is 3.30. The summed E-state index contributed by atoms with van der Waals surface area (Å²) in [4.78, 5) is 16.7. The van der Waals surface area contributed by atoms with Gasteiger partial charge in [0.1, 0.15) is 0 Å². The zero-order valence-corrected chi connectivity index (χ0v) is 14.9. The molecule has 0 saturated carbocycles. The van der Waals surface area contributed by atoms with E-state index < -0.39 is 0 Å². The first-order valence-corrected chi connectivity index (χ1v) is 9.43. The maximum Gasteiger partial charge on any atom is 0.264 e. The number of rotatable bonds is 6. The number of thiophene rings is 1. The summed E-state index contributed by atoms with van der Waals surface area (Å²) in [6.07, 6.45) is 6.52. The van der Waals surface area contributed by atoms with Crippen LogP contribution in [0.4, 0.5) is 0 Å². The second kappa shape index (κ2) is 8.27. The molecular formula is C20H24N2OS. The number of nitrogens with zero attached hydrogens (tertiary/aromatic N) is 1. The molecule has 1 amide bonds. The highest BCUT2D eigenvalue weighted by Crippen LogP contribution is 2.29. The van der Waals surface area contributed by atoms with E-state index in [9.17, 15) is 4.79 Å². The van der Waals surface area contributed by atoms with E-state index in [0.29, 0.717) is 19.1 Å². The molecule has 0 bridgehead atoms. The summed E-state index contributed by atoms with van der Waals surface area (Å²) in [7, 11) is 0. The summed E-state index contributed by atoms with van der Waals surface area (Å²) in [6.45, 7) is 4.46. The van der Waals surface area contributed by atoms with Crippen LogP contribution in [-0.2, 0) is 0 Å². The lowest BCUT2D eigenvalue weighted by Crippen LogP contribution is -2.30. The summed E-state index contributed by atoms with van der Waals surface area (Å²) in [5, 5.41) is 3.50. The molecule has 1 N–H and O–H groups in total. The zero-order valence-electron chi connectivity index (χ0n) is 14.1. The summed E-state index contributed by atoms with van der Waals surface area (Å²) < 4.78 is 0. The van der Waals surface area contributed by atoms with Gasteiger partial charge in [0, 0.05) is 24.0 Å². The zero-order chi connectivity index (χ0) is 16.8. The van der Waals surface area contributed by atoms with Gasteiger partial charge in [-0.1, -0.05) is 42.5 Å². The van der Waals surface area contributed by atoms with Crippen molar-refractivity contribution in [2.45, 2.75) is 25.8 Å². The maximum absolute atomic E-state index is 12.7. The number of amides is 1. The van der Waals surface area contributed by atoms with Gasteiger partial charge in [-0.15, -0.1) is 11.3 Å². The van der Waals surface area contributed by atoms with Crippen molar-refractivity contribution in [2.24, 2.45) is 0 Å². The van der Waals surface area contributed by atoms with Gasteiger partial charge in [-0.3, -0.25) is 4.79 Å². The van der Waals surface area contributed by atoms with Gasteiger partial charge < -0.3 is 10.2 Å². The van der Waals surface area contributed by atoms with Crippen molar-refractivity contribution in [3.63, 3.8) is 0 Å². The maximum atomic E-state index is 12.7. The molecule has 1 aromatic carbocycles. The number of carbonyl (C=O) groups excluding carboxylic acids is 1. The monoisotopic (exact) mass is 340 g/mol. The first-order valence-electron chi connectivity index (χ1n) is 8.62. The Morgan fingerprint density at radius 1 is 1.29 bits per heavy atom. The van der Waals surface area contributed by atoms with Crippen molar-refractivity contribution >= 4 is 23.3 Å². The highest BCUT2D eigenvalue weighted by Gasteiger charge is 2.21. The summed E-state index contributed by atoms with van der Waals surface area (Å²) in [5.41, 5.74) is 1.16.